The maximum Gasteiger partial charge on any atom is 0.339 e. The summed E-state index contributed by atoms with van der Waals surface area (Å²) in [6, 6.07) is 0.727. The number of phenols is 1. The Morgan fingerprint density at radius 3 is 2.41 bits per heavy atom. The molecule has 0 saturated heterocycles. The maximum atomic E-state index is 13.2. The third-order valence-corrected chi connectivity index (χ3v) is 2.14. The van der Waals surface area contributed by atoms with Crippen LogP contribution in [0.4, 0.5) is 4.39 Å². The molecule has 0 amide bonds. The number of aromatic hydroxyl groups is 1. The van der Waals surface area contributed by atoms with E-state index in [4.69, 9.17) is 21.1 Å². The lowest BCUT2D eigenvalue weighted by Crippen LogP contribution is -2.16. The average molecular weight is 243 g/mol. The number of hydrogen-bond acceptors (Lipinski definition) is 4. The van der Waals surface area contributed by atoms with Gasteiger partial charge in [-0.15, -0.1) is 0 Å². The van der Waals surface area contributed by atoms with Crippen molar-refractivity contribution >= 4 is 11.9 Å². The molecule has 5 N–H and O–H groups in total. The van der Waals surface area contributed by atoms with Crippen molar-refractivity contribution in [3.63, 3.8) is 0 Å². The summed E-state index contributed by atoms with van der Waals surface area (Å²) in [7, 11) is 0. The van der Waals surface area contributed by atoms with E-state index in [0.29, 0.717) is 0 Å². The Hall–Kier alpha value is -2.15. The number of carboxylic acids is 2. The molecular formula is C10H10FNO5. The molecule has 0 radical (unpaired) electrons. The number of carboxylic acid groups (broad SMARTS) is 2. The lowest BCUT2D eigenvalue weighted by atomic mass is 10.0. The third kappa shape index (κ3) is 2.91. The first kappa shape index (κ1) is 12.9. The fourth-order valence-corrected chi connectivity index (χ4v) is 1.30. The van der Waals surface area contributed by atoms with Crippen LogP contribution in [0, 0.1) is 5.82 Å². The number of carbonyl (C=O) groups is 2. The summed E-state index contributed by atoms with van der Waals surface area (Å²) >= 11 is 0. The molecule has 92 valence electrons. The molecule has 17 heavy (non-hydrogen) atoms. The molecule has 1 rings (SSSR count). The first-order valence-corrected chi connectivity index (χ1v) is 4.56. The Bertz CT molecular complexity index is 474. The summed E-state index contributed by atoms with van der Waals surface area (Å²) in [6.07, 6.45) is -0.469. The van der Waals surface area contributed by atoms with E-state index in [1.807, 2.05) is 0 Å². The summed E-state index contributed by atoms with van der Waals surface area (Å²) in [5.41, 5.74) is 4.81. The van der Waals surface area contributed by atoms with Gasteiger partial charge in [0.15, 0.2) is 11.6 Å². The Labute approximate surface area is 95.1 Å². The molecule has 7 heteroatoms. The Morgan fingerprint density at radius 2 is 1.94 bits per heavy atom. The molecule has 0 aromatic heterocycles. The van der Waals surface area contributed by atoms with Gasteiger partial charge in [-0.05, 0) is 17.7 Å². The lowest BCUT2D eigenvalue weighted by molar-refractivity contribution is -0.137. The van der Waals surface area contributed by atoms with Crippen LogP contribution in [0.2, 0.25) is 0 Å². The van der Waals surface area contributed by atoms with Crippen molar-refractivity contribution in [2.45, 2.75) is 12.5 Å². The van der Waals surface area contributed by atoms with E-state index >= 15 is 0 Å². The SMILES string of the molecule is NC(CC(=O)O)c1cc(F)c(O)c(C(=O)O)c1. The Kier molecular flexibility index (Phi) is 3.64. The highest BCUT2D eigenvalue weighted by molar-refractivity contribution is 5.91. The van der Waals surface area contributed by atoms with Gasteiger partial charge < -0.3 is 21.1 Å². The number of aromatic carboxylic acids is 1. The monoisotopic (exact) mass is 243 g/mol. The zero-order valence-electron chi connectivity index (χ0n) is 8.55. The first-order valence-electron chi connectivity index (χ1n) is 4.56. The van der Waals surface area contributed by atoms with E-state index in [2.05, 4.69) is 0 Å². The molecule has 0 saturated carbocycles. The number of aliphatic carboxylic acids is 1. The number of nitrogens with two attached hydrogens (primary N) is 1. The molecule has 1 atom stereocenters. The van der Waals surface area contributed by atoms with E-state index in [1.165, 1.54) is 0 Å². The third-order valence-electron chi connectivity index (χ3n) is 2.14. The Morgan fingerprint density at radius 1 is 1.35 bits per heavy atom. The van der Waals surface area contributed by atoms with Crippen molar-refractivity contribution in [1.29, 1.82) is 0 Å². The van der Waals surface area contributed by atoms with Crippen LogP contribution in [0.25, 0.3) is 0 Å². The van der Waals surface area contributed by atoms with Gasteiger partial charge in [0, 0.05) is 6.04 Å². The van der Waals surface area contributed by atoms with Crippen molar-refractivity contribution < 1.29 is 29.3 Å². The minimum absolute atomic E-state index is 0.0000926. The molecule has 1 aromatic rings. The van der Waals surface area contributed by atoms with Gasteiger partial charge in [0.25, 0.3) is 0 Å². The highest BCUT2D eigenvalue weighted by atomic mass is 19.1. The average Bonchev–Trinajstić information content (AvgIpc) is 2.20. The van der Waals surface area contributed by atoms with Crippen LogP contribution in [-0.4, -0.2) is 27.3 Å². The van der Waals surface area contributed by atoms with Crippen LogP contribution in [0.1, 0.15) is 28.4 Å². The molecule has 0 aliphatic carbocycles. The van der Waals surface area contributed by atoms with Gasteiger partial charge in [0.2, 0.25) is 0 Å². The van der Waals surface area contributed by atoms with E-state index in [0.717, 1.165) is 12.1 Å². The molecule has 0 aliphatic rings. The molecule has 0 heterocycles. The van der Waals surface area contributed by atoms with Gasteiger partial charge in [-0.3, -0.25) is 4.79 Å². The smallest absolute Gasteiger partial charge is 0.339 e. The van der Waals surface area contributed by atoms with Gasteiger partial charge in [0.1, 0.15) is 5.56 Å². The largest absolute Gasteiger partial charge is 0.504 e. The molecule has 0 fully saturated rings. The second kappa shape index (κ2) is 4.79. The van der Waals surface area contributed by atoms with Gasteiger partial charge in [-0.2, -0.15) is 0 Å². The summed E-state index contributed by atoms with van der Waals surface area (Å²) in [5, 5.41) is 26.3. The summed E-state index contributed by atoms with van der Waals surface area (Å²) in [6.45, 7) is 0. The lowest BCUT2D eigenvalue weighted by Gasteiger charge is -2.11. The molecule has 0 aliphatic heterocycles. The molecule has 6 nitrogen and oxygen atoms in total. The minimum atomic E-state index is -1.52. The van der Waals surface area contributed by atoms with Crippen molar-refractivity contribution in [3.05, 3.63) is 29.1 Å². The van der Waals surface area contributed by atoms with E-state index in [1.54, 1.807) is 0 Å². The van der Waals surface area contributed by atoms with Crippen molar-refractivity contribution in [2.24, 2.45) is 5.73 Å². The zero-order valence-corrected chi connectivity index (χ0v) is 8.55. The zero-order chi connectivity index (χ0) is 13.2. The normalized spacial score (nSPS) is 12.1. The number of benzene rings is 1. The fourth-order valence-electron chi connectivity index (χ4n) is 1.30. The molecular weight excluding hydrogens is 233 g/mol. The number of hydrogen-bond donors (Lipinski definition) is 4. The topological polar surface area (TPSA) is 121 Å². The highest BCUT2D eigenvalue weighted by Gasteiger charge is 2.19. The van der Waals surface area contributed by atoms with Crippen LogP contribution in [0.3, 0.4) is 0 Å². The summed E-state index contributed by atoms with van der Waals surface area (Å²) in [4.78, 5) is 21.1. The van der Waals surface area contributed by atoms with Crippen LogP contribution < -0.4 is 5.73 Å². The van der Waals surface area contributed by atoms with E-state index < -0.39 is 41.5 Å². The van der Waals surface area contributed by atoms with Crippen LogP contribution in [0.15, 0.2) is 12.1 Å². The predicted octanol–water partition coefficient (Wildman–Crippen LogP) is 0.704. The van der Waals surface area contributed by atoms with Crippen LogP contribution in [0.5, 0.6) is 5.75 Å². The van der Waals surface area contributed by atoms with Crippen LogP contribution >= 0.6 is 0 Å². The van der Waals surface area contributed by atoms with Crippen molar-refractivity contribution in [2.75, 3.05) is 0 Å². The van der Waals surface area contributed by atoms with E-state index in [-0.39, 0.29) is 5.56 Å². The second-order valence-electron chi connectivity index (χ2n) is 3.41. The Balaban J connectivity index is 3.18. The van der Waals surface area contributed by atoms with Gasteiger partial charge in [-0.25, -0.2) is 9.18 Å². The van der Waals surface area contributed by atoms with Gasteiger partial charge in [-0.1, -0.05) is 0 Å². The summed E-state index contributed by atoms with van der Waals surface area (Å²) in [5.74, 6) is -4.86. The number of rotatable bonds is 4. The summed E-state index contributed by atoms with van der Waals surface area (Å²) < 4.78 is 13.2. The van der Waals surface area contributed by atoms with Gasteiger partial charge >= 0.3 is 11.9 Å². The molecule has 0 spiro atoms. The molecule has 1 aromatic carbocycles. The second-order valence-corrected chi connectivity index (χ2v) is 3.41. The molecule has 1 unspecified atom stereocenters. The minimum Gasteiger partial charge on any atom is -0.504 e. The number of halogens is 1. The maximum absolute atomic E-state index is 13.2. The quantitative estimate of drug-likeness (QED) is 0.617. The van der Waals surface area contributed by atoms with Crippen molar-refractivity contribution in [3.8, 4) is 5.75 Å². The highest BCUT2D eigenvalue weighted by Crippen LogP contribution is 2.26. The standard InChI is InChI=1S/C10H10FNO5/c11-6-2-4(7(12)3-8(13)14)1-5(9(6)15)10(16)17/h1-2,7,15H,3,12H2,(H,13,14)(H,16,17). The predicted molar refractivity (Wildman–Crippen MR) is 54.2 cm³/mol. The molecule has 0 bridgehead atoms. The van der Waals surface area contributed by atoms with Crippen molar-refractivity contribution in [1.82, 2.24) is 0 Å². The first-order chi connectivity index (χ1) is 7.82. The van der Waals surface area contributed by atoms with E-state index in [9.17, 15) is 14.0 Å². The van der Waals surface area contributed by atoms with Gasteiger partial charge in [0.05, 0.1) is 6.42 Å². The fraction of sp³-hybridized carbons (Fsp3) is 0.200. The van der Waals surface area contributed by atoms with Crippen LogP contribution in [-0.2, 0) is 4.79 Å².